The number of nitrogens with two attached hydrogens (primary N) is 1. The normalized spacial score (nSPS) is 10.7. The van der Waals surface area contributed by atoms with Crippen LogP contribution in [0, 0.1) is 0 Å². The Morgan fingerprint density at radius 1 is 1.42 bits per heavy atom. The van der Waals surface area contributed by atoms with E-state index in [0.29, 0.717) is 13.2 Å². The molecule has 1 aromatic carbocycles. The largest absolute Gasteiger partial charge is 0.489 e. The highest BCUT2D eigenvalue weighted by Gasteiger charge is 2.03. The molecule has 0 aliphatic carbocycles. The predicted molar refractivity (Wildman–Crippen MR) is 79.1 cm³/mol. The summed E-state index contributed by atoms with van der Waals surface area (Å²) in [4.78, 5) is 0. The van der Waals surface area contributed by atoms with Gasteiger partial charge in [0.25, 0.3) is 0 Å². The van der Waals surface area contributed by atoms with E-state index in [1.54, 1.807) is 0 Å². The van der Waals surface area contributed by atoms with Crippen molar-refractivity contribution in [1.82, 2.24) is 9.78 Å². The quantitative estimate of drug-likeness (QED) is 0.889. The number of ether oxygens (including phenoxy) is 1. The van der Waals surface area contributed by atoms with E-state index in [0.717, 1.165) is 28.8 Å². The van der Waals surface area contributed by atoms with Gasteiger partial charge >= 0.3 is 0 Å². The summed E-state index contributed by atoms with van der Waals surface area (Å²) in [5.74, 6) is 0.857. The van der Waals surface area contributed by atoms with E-state index in [9.17, 15) is 0 Å². The average Bonchev–Trinajstić information content (AvgIpc) is 2.88. The van der Waals surface area contributed by atoms with Crippen molar-refractivity contribution in [3.8, 4) is 5.75 Å². The van der Waals surface area contributed by atoms with E-state index in [-0.39, 0.29) is 0 Å². The van der Waals surface area contributed by atoms with E-state index in [2.05, 4.69) is 28.0 Å². The molecule has 0 saturated carbocycles. The van der Waals surface area contributed by atoms with E-state index in [1.165, 1.54) is 5.56 Å². The monoisotopic (exact) mass is 323 g/mol. The summed E-state index contributed by atoms with van der Waals surface area (Å²) >= 11 is 3.52. The Bertz CT molecular complexity index is 539. The molecule has 2 aromatic rings. The molecule has 4 nitrogen and oxygen atoms in total. The van der Waals surface area contributed by atoms with Gasteiger partial charge < -0.3 is 10.5 Å². The van der Waals surface area contributed by atoms with Crippen molar-refractivity contribution < 1.29 is 4.74 Å². The molecule has 5 heteroatoms. The molecule has 0 radical (unpaired) electrons. The van der Waals surface area contributed by atoms with Crippen LogP contribution >= 0.6 is 15.9 Å². The lowest BCUT2D eigenvalue weighted by atomic mass is 10.1. The lowest BCUT2D eigenvalue weighted by Gasteiger charge is -2.08. The maximum absolute atomic E-state index is 5.78. The van der Waals surface area contributed by atoms with E-state index in [4.69, 9.17) is 10.5 Å². The van der Waals surface area contributed by atoms with Crippen LogP contribution < -0.4 is 10.5 Å². The lowest BCUT2D eigenvalue weighted by molar-refractivity contribution is 0.305. The predicted octanol–water partition coefficient (Wildman–Crippen LogP) is 2.75. The zero-order chi connectivity index (χ0) is 13.7. The number of nitrogens with zero attached hydrogens (tertiary/aromatic N) is 2. The van der Waals surface area contributed by atoms with Crippen LogP contribution in [0.5, 0.6) is 5.75 Å². The minimum absolute atomic E-state index is 0.531. The maximum atomic E-state index is 5.78. The zero-order valence-electron chi connectivity index (χ0n) is 11.0. The molecule has 102 valence electrons. The number of aryl methyl sites for hydroxylation is 1. The number of aromatic nitrogens is 2. The van der Waals surface area contributed by atoms with Gasteiger partial charge in [-0.15, -0.1) is 0 Å². The summed E-state index contributed by atoms with van der Waals surface area (Å²) in [5.41, 5.74) is 7.83. The van der Waals surface area contributed by atoms with Crippen molar-refractivity contribution in [1.29, 1.82) is 0 Å². The Labute approximate surface area is 121 Å². The first-order chi connectivity index (χ1) is 9.22. The van der Waals surface area contributed by atoms with Crippen LogP contribution in [-0.4, -0.2) is 16.3 Å². The molecule has 2 N–H and O–H groups in total. The van der Waals surface area contributed by atoms with Gasteiger partial charge in [-0.05, 0) is 43.7 Å². The summed E-state index contributed by atoms with van der Waals surface area (Å²) in [7, 11) is 0. The Kier molecular flexibility index (Phi) is 4.99. The van der Waals surface area contributed by atoms with Crippen molar-refractivity contribution in [2.75, 3.05) is 6.54 Å². The minimum atomic E-state index is 0.531. The molecular formula is C14H18BrN3O. The topological polar surface area (TPSA) is 53.1 Å². The first-order valence-corrected chi connectivity index (χ1v) is 7.15. The van der Waals surface area contributed by atoms with Gasteiger partial charge in [-0.3, -0.25) is 4.68 Å². The number of hydrogen-bond donors (Lipinski definition) is 1. The van der Waals surface area contributed by atoms with Gasteiger partial charge in [0.05, 0.1) is 6.20 Å². The van der Waals surface area contributed by atoms with Gasteiger partial charge in [-0.1, -0.05) is 15.9 Å². The molecule has 0 spiro atoms. The van der Waals surface area contributed by atoms with Crippen molar-refractivity contribution in [3.63, 3.8) is 0 Å². The van der Waals surface area contributed by atoms with Crippen LogP contribution in [-0.2, 0) is 19.6 Å². The lowest BCUT2D eigenvalue weighted by Crippen LogP contribution is -2.03. The maximum Gasteiger partial charge on any atom is 0.120 e. The zero-order valence-corrected chi connectivity index (χ0v) is 12.6. The van der Waals surface area contributed by atoms with Crippen molar-refractivity contribution >= 4 is 15.9 Å². The van der Waals surface area contributed by atoms with Crippen LogP contribution in [0.15, 0.2) is 35.1 Å². The molecule has 0 aliphatic rings. The molecule has 0 saturated heterocycles. The van der Waals surface area contributed by atoms with Gasteiger partial charge in [-0.2, -0.15) is 5.10 Å². The molecule has 0 bridgehead atoms. The fourth-order valence-electron chi connectivity index (χ4n) is 1.81. The number of halogens is 1. The van der Waals surface area contributed by atoms with Crippen LogP contribution in [0.3, 0.4) is 0 Å². The van der Waals surface area contributed by atoms with E-state index in [1.807, 2.05) is 35.3 Å². The summed E-state index contributed by atoms with van der Waals surface area (Å²) in [6, 6.07) is 5.98. The molecule has 2 rings (SSSR count). The Morgan fingerprint density at radius 3 is 2.95 bits per heavy atom. The number of hydrogen-bond acceptors (Lipinski definition) is 3. The molecule has 0 atom stereocenters. The second-order valence-corrected chi connectivity index (χ2v) is 5.14. The highest BCUT2D eigenvalue weighted by atomic mass is 79.9. The van der Waals surface area contributed by atoms with Crippen LogP contribution in [0.2, 0.25) is 0 Å². The fraction of sp³-hybridized carbons (Fsp3) is 0.357. The smallest absolute Gasteiger partial charge is 0.120 e. The summed E-state index contributed by atoms with van der Waals surface area (Å²) in [6.07, 6.45) is 4.67. The van der Waals surface area contributed by atoms with Gasteiger partial charge in [0.2, 0.25) is 0 Å². The van der Waals surface area contributed by atoms with Crippen molar-refractivity contribution in [3.05, 3.63) is 46.2 Å². The van der Waals surface area contributed by atoms with E-state index >= 15 is 0 Å². The highest BCUT2D eigenvalue weighted by molar-refractivity contribution is 9.10. The molecule has 1 heterocycles. The van der Waals surface area contributed by atoms with E-state index < -0.39 is 0 Å². The SMILES string of the molecule is CCn1cc(COc2ccc(Br)c(CCN)c2)cn1. The molecular weight excluding hydrogens is 306 g/mol. The van der Waals surface area contributed by atoms with Crippen molar-refractivity contribution in [2.45, 2.75) is 26.5 Å². The summed E-state index contributed by atoms with van der Waals surface area (Å²) in [6.45, 7) is 4.10. The Balaban J connectivity index is 2.00. The second kappa shape index (κ2) is 6.73. The third-order valence-corrected chi connectivity index (χ3v) is 3.62. The molecule has 19 heavy (non-hydrogen) atoms. The molecule has 0 unspecified atom stereocenters. The third kappa shape index (κ3) is 3.81. The van der Waals surface area contributed by atoms with Gasteiger partial charge in [-0.25, -0.2) is 0 Å². The number of benzene rings is 1. The Morgan fingerprint density at radius 2 is 2.26 bits per heavy atom. The van der Waals surface area contributed by atoms with Gasteiger partial charge in [0.15, 0.2) is 0 Å². The van der Waals surface area contributed by atoms with Crippen LogP contribution in [0.4, 0.5) is 0 Å². The second-order valence-electron chi connectivity index (χ2n) is 4.28. The van der Waals surface area contributed by atoms with Crippen LogP contribution in [0.25, 0.3) is 0 Å². The number of rotatable bonds is 6. The summed E-state index contributed by atoms with van der Waals surface area (Å²) in [5, 5.41) is 4.22. The third-order valence-electron chi connectivity index (χ3n) is 2.85. The first kappa shape index (κ1) is 14.1. The average molecular weight is 324 g/mol. The molecule has 0 aliphatic heterocycles. The van der Waals surface area contributed by atoms with Crippen molar-refractivity contribution in [2.24, 2.45) is 5.73 Å². The molecule has 0 fully saturated rings. The molecule has 1 aromatic heterocycles. The highest BCUT2D eigenvalue weighted by Crippen LogP contribution is 2.23. The van der Waals surface area contributed by atoms with Gasteiger partial charge in [0, 0.05) is 22.8 Å². The Hall–Kier alpha value is -1.33. The standard InChI is InChI=1S/C14H18BrN3O/c1-2-18-9-11(8-17-18)10-19-13-3-4-14(15)12(7-13)5-6-16/h3-4,7-9H,2,5-6,10,16H2,1H3. The minimum Gasteiger partial charge on any atom is -0.489 e. The summed E-state index contributed by atoms with van der Waals surface area (Å²) < 4.78 is 8.74. The van der Waals surface area contributed by atoms with Crippen LogP contribution in [0.1, 0.15) is 18.1 Å². The molecule has 0 amide bonds. The van der Waals surface area contributed by atoms with Gasteiger partial charge in [0.1, 0.15) is 12.4 Å². The first-order valence-electron chi connectivity index (χ1n) is 6.35. The fourth-order valence-corrected chi connectivity index (χ4v) is 2.25.